The summed E-state index contributed by atoms with van der Waals surface area (Å²) in [5.74, 6) is 1.91. The zero-order chi connectivity index (χ0) is 35.8. The van der Waals surface area contributed by atoms with E-state index in [1.807, 2.05) is 25.7 Å². The molecule has 3 aliphatic rings. The zero-order valence-corrected chi connectivity index (χ0v) is 30.7. The monoisotopic (exact) mass is 757 g/mol. The van der Waals surface area contributed by atoms with E-state index < -0.39 is 0 Å². The molecule has 49 heavy (non-hydrogen) atoms. The van der Waals surface area contributed by atoms with Crippen molar-refractivity contribution in [2.24, 2.45) is 0 Å². The van der Waals surface area contributed by atoms with Crippen LogP contribution in [0.1, 0.15) is 20.8 Å². The number of nitrogens with zero attached hydrogens (tertiary/aromatic N) is 11. The van der Waals surface area contributed by atoms with E-state index in [1.54, 1.807) is 45.3 Å². The summed E-state index contributed by atoms with van der Waals surface area (Å²) < 4.78 is 0. The summed E-state index contributed by atoms with van der Waals surface area (Å²) in [6, 6.07) is 5.04. The Morgan fingerprint density at radius 2 is 0.980 bits per heavy atom. The number of carbonyl (C=O) groups is 3. The van der Waals surface area contributed by atoms with Gasteiger partial charge in [0.25, 0.3) is 0 Å². The van der Waals surface area contributed by atoms with Gasteiger partial charge >= 0.3 is 0 Å². The molecule has 2 N–H and O–H groups in total. The first-order valence-electron chi connectivity index (χ1n) is 15.6. The van der Waals surface area contributed by atoms with Gasteiger partial charge in [0.15, 0.2) is 0 Å². The van der Waals surface area contributed by atoms with Crippen LogP contribution in [-0.2, 0) is 14.4 Å². The topological polar surface area (TPSA) is 161 Å². The SMILES string of the molecule is CC(=O)N1CCN(c2ccnc(Cl)n2)CC1.CC(=O)N1CCN(c2nccc(Cl)n2)CC1.CC(=O)N1CC[NH2+]CC1.Clc1ccnc(Cl)n1. The van der Waals surface area contributed by atoms with Crippen LogP contribution < -0.4 is 15.1 Å². The van der Waals surface area contributed by atoms with Crippen molar-refractivity contribution in [3.05, 3.63) is 57.7 Å². The van der Waals surface area contributed by atoms with Gasteiger partial charge in [-0.15, -0.1) is 0 Å². The van der Waals surface area contributed by atoms with E-state index >= 15 is 0 Å². The van der Waals surface area contributed by atoms with Crippen molar-refractivity contribution in [3.8, 4) is 0 Å². The Morgan fingerprint density at radius 1 is 0.551 bits per heavy atom. The summed E-state index contributed by atoms with van der Waals surface area (Å²) in [5.41, 5.74) is 0. The summed E-state index contributed by atoms with van der Waals surface area (Å²) in [6.45, 7) is 14.8. The molecule has 266 valence electrons. The van der Waals surface area contributed by atoms with Gasteiger partial charge in [-0.3, -0.25) is 14.4 Å². The summed E-state index contributed by atoms with van der Waals surface area (Å²) in [4.78, 5) is 66.2. The van der Waals surface area contributed by atoms with Crippen LogP contribution in [0.4, 0.5) is 11.8 Å². The predicted molar refractivity (Wildman–Crippen MR) is 189 cm³/mol. The Morgan fingerprint density at radius 3 is 1.39 bits per heavy atom. The van der Waals surface area contributed by atoms with Crippen LogP contribution in [0.3, 0.4) is 0 Å². The Bertz CT molecular complexity index is 1410. The molecule has 19 heteroatoms. The Hall–Kier alpha value is -3.63. The van der Waals surface area contributed by atoms with E-state index in [4.69, 9.17) is 46.4 Å². The number of hydrogen-bond acceptors (Lipinski definition) is 11. The van der Waals surface area contributed by atoms with Crippen molar-refractivity contribution in [2.45, 2.75) is 20.8 Å². The number of quaternary nitrogens is 1. The molecule has 3 saturated heterocycles. The summed E-state index contributed by atoms with van der Waals surface area (Å²) in [6.07, 6.45) is 4.78. The van der Waals surface area contributed by atoms with Crippen LogP contribution in [-0.4, -0.2) is 141 Å². The maximum atomic E-state index is 11.2. The number of halogens is 4. The van der Waals surface area contributed by atoms with Crippen LogP contribution in [0.5, 0.6) is 0 Å². The highest BCUT2D eigenvalue weighted by Crippen LogP contribution is 2.15. The molecule has 3 aromatic rings. The number of anilines is 2. The van der Waals surface area contributed by atoms with E-state index in [0.29, 0.717) is 29.3 Å². The van der Waals surface area contributed by atoms with Crippen LogP contribution in [0.25, 0.3) is 0 Å². The van der Waals surface area contributed by atoms with Crippen LogP contribution in [0, 0.1) is 0 Å². The highest BCUT2D eigenvalue weighted by atomic mass is 35.5. The van der Waals surface area contributed by atoms with Crippen molar-refractivity contribution < 1.29 is 19.7 Å². The van der Waals surface area contributed by atoms with E-state index in [-0.39, 0.29) is 28.3 Å². The normalized spacial score (nSPS) is 15.9. The van der Waals surface area contributed by atoms with E-state index in [0.717, 1.165) is 71.3 Å². The molecule has 3 aliphatic heterocycles. The average Bonchev–Trinajstić information content (AvgIpc) is 3.09. The minimum Gasteiger partial charge on any atom is -0.353 e. The molecule has 0 bridgehead atoms. The molecule has 3 amide bonds. The molecule has 6 heterocycles. The molecule has 0 aliphatic carbocycles. The quantitative estimate of drug-likeness (QED) is 0.300. The van der Waals surface area contributed by atoms with Gasteiger partial charge < -0.3 is 29.8 Å². The van der Waals surface area contributed by atoms with Crippen LogP contribution >= 0.6 is 46.4 Å². The lowest BCUT2D eigenvalue weighted by Crippen LogP contribution is -2.89. The van der Waals surface area contributed by atoms with Gasteiger partial charge in [-0.1, -0.05) is 23.2 Å². The fourth-order valence-electron chi connectivity index (χ4n) is 4.83. The first-order chi connectivity index (χ1) is 23.4. The van der Waals surface area contributed by atoms with Crippen molar-refractivity contribution in [3.63, 3.8) is 0 Å². The summed E-state index contributed by atoms with van der Waals surface area (Å²) in [5, 5.41) is 3.48. The third-order valence-corrected chi connectivity index (χ3v) is 8.31. The molecule has 0 saturated carbocycles. The highest BCUT2D eigenvalue weighted by Gasteiger charge is 2.21. The molecular formula is C30H41Cl4N12O3+. The Balaban J connectivity index is 0.000000185. The third-order valence-electron chi connectivity index (χ3n) is 7.52. The predicted octanol–water partition coefficient (Wildman–Crippen LogP) is 1.79. The maximum absolute atomic E-state index is 11.2. The highest BCUT2D eigenvalue weighted by molar-refractivity contribution is 6.31. The van der Waals surface area contributed by atoms with Crippen molar-refractivity contribution in [1.82, 2.24) is 44.6 Å². The lowest BCUT2D eigenvalue weighted by molar-refractivity contribution is -0.662. The van der Waals surface area contributed by atoms with Gasteiger partial charge in [0, 0.05) is 91.7 Å². The molecular weight excluding hydrogens is 718 g/mol. The second-order valence-electron chi connectivity index (χ2n) is 10.9. The molecule has 3 aromatic heterocycles. The van der Waals surface area contributed by atoms with Gasteiger partial charge in [0.1, 0.15) is 16.1 Å². The van der Waals surface area contributed by atoms with Gasteiger partial charge in [-0.2, -0.15) is 0 Å². The number of hydrogen-bond donors (Lipinski definition) is 1. The fraction of sp³-hybridized carbons (Fsp3) is 0.500. The molecule has 0 aromatic carbocycles. The van der Waals surface area contributed by atoms with E-state index in [2.05, 4.69) is 40.1 Å². The number of aromatic nitrogens is 6. The van der Waals surface area contributed by atoms with Crippen LogP contribution in [0.15, 0.2) is 36.8 Å². The standard InChI is InChI=1S/2C10H13ClN4O.C6H12N2O.C4H2Cl2N2/c1-8(16)14-4-6-15(7-5-14)9-2-3-12-10(11)13-9;1-8(16)14-4-6-15(7-5-14)10-12-3-2-9(11)13-10;1-6(9)8-4-2-7-3-5-8;5-3-1-2-7-4(6)8-3/h2*2-3H,4-7H2,1H3;7H,2-5H2,1H3;1-2H/p+1. The molecule has 0 radical (unpaired) electrons. The molecule has 3 fully saturated rings. The minimum atomic E-state index is 0.117. The maximum Gasteiger partial charge on any atom is 0.226 e. The summed E-state index contributed by atoms with van der Waals surface area (Å²) in [7, 11) is 0. The summed E-state index contributed by atoms with van der Waals surface area (Å²) >= 11 is 22.3. The minimum absolute atomic E-state index is 0.117. The largest absolute Gasteiger partial charge is 0.353 e. The van der Waals surface area contributed by atoms with Crippen LogP contribution in [0.2, 0.25) is 20.9 Å². The van der Waals surface area contributed by atoms with Gasteiger partial charge in [-0.25, -0.2) is 29.9 Å². The number of amides is 3. The van der Waals surface area contributed by atoms with E-state index in [9.17, 15) is 14.4 Å². The lowest BCUT2D eigenvalue weighted by Gasteiger charge is -2.34. The van der Waals surface area contributed by atoms with Crippen molar-refractivity contribution in [2.75, 3.05) is 88.3 Å². The van der Waals surface area contributed by atoms with Crippen molar-refractivity contribution >= 4 is 75.9 Å². The molecule has 0 spiro atoms. The first-order valence-corrected chi connectivity index (χ1v) is 17.1. The number of rotatable bonds is 2. The second kappa shape index (κ2) is 20.8. The van der Waals surface area contributed by atoms with Crippen molar-refractivity contribution in [1.29, 1.82) is 0 Å². The fourth-order valence-corrected chi connectivity index (χ4v) is 5.44. The average molecular weight is 760 g/mol. The first kappa shape index (κ1) is 39.8. The van der Waals surface area contributed by atoms with Gasteiger partial charge in [0.05, 0.1) is 26.2 Å². The zero-order valence-electron chi connectivity index (χ0n) is 27.7. The smallest absolute Gasteiger partial charge is 0.226 e. The molecule has 0 atom stereocenters. The Labute approximate surface area is 305 Å². The van der Waals surface area contributed by atoms with E-state index in [1.165, 1.54) is 6.20 Å². The molecule has 6 rings (SSSR count). The Kier molecular flexibility index (Phi) is 16.9. The number of nitrogens with two attached hydrogens (primary N) is 1. The van der Waals surface area contributed by atoms with Gasteiger partial charge in [-0.05, 0) is 41.4 Å². The molecule has 0 unspecified atom stereocenters. The molecule has 15 nitrogen and oxygen atoms in total. The number of carbonyl (C=O) groups excluding carboxylic acids is 3. The second-order valence-corrected chi connectivity index (χ2v) is 12.3. The third kappa shape index (κ3) is 14.4. The van der Waals surface area contributed by atoms with Gasteiger partial charge in [0.2, 0.25) is 34.2 Å². The number of piperazine rings is 3. The lowest BCUT2D eigenvalue weighted by atomic mass is 10.3.